The Morgan fingerprint density at radius 1 is 1.23 bits per heavy atom. The Morgan fingerprint density at radius 3 is 2.63 bits per heavy atom. The zero-order valence-corrected chi connectivity index (χ0v) is 17.0. The number of nitro benzene ring substituents is 1. The van der Waals surface area contributed by atoms with Gasteiger partial charge in [0.2, 0.25) is 0 Å². The van der Waals surface area contributed by atoms with Gasteiger partial charge < -0.3 is 15.0 Å². The number of nitrogens with zero attached hydrogens (tertiary/aromatic N) is 2. The first kappa shape index (κ1) is 21.3. The molecule has 1 N–H and O–H groups in total. The number of hydrogen-bond donors (Lipinski definition) is 1. The van der Waals surface area contributed by atoms with E-state index in [-0.39, 0.29) is 11.3 Å². The van der Waals surface area contributed by atoms with Crippen molar-refractivity contribution in [3.63, 3.8) is 0 Å². The van der Waals surface area contributed by atoms with Crippen LogP contribution in [0.2, 0.25) is 0 Å². The third kappa shape index (κ3) is 5.14. The topological polar surface area (TPSA) is 102 Å². The van der Waals surface area contributed by atoms with Gasteiger partial charge in [0, 0.05) is 24.8 Å². The number of para-hydroxylation sites is 1. The summed E-state index contributed by atoms with van der Waals surface area (Å²) in [4.78, 5) is 37.8. The molecule has 1 heterocycles. The van der Waals surface area contributed by atoms with Crippen LogP contribution in [-0.2, 0) is 9.53 Å². The van der Waals surface area contributed by atoms with Crippen LogP contribution in [0.25, 0.3) is 0 Å². The van der Waals surface area contributed by atoms with Gasteiger partial charge in [-0.15, -0.1) is 0 Å². The Balaban J connectivity index is 1.71. The van der Waals surface area contributed by atoms with Crippen molar-refractivity contribution in [3.05, 3.63) is 64.2 Å². The van der Waals surface area contributed by atoms with Gasteiger partial charge in [0.05, 0.1) is 10.5 Å². The monoisotopic (exact) mass is 411 g/mol. The molecule has 0 aromatic heterocycles. The summed E-state index contributed by atoms with van der Waals surface area (Å²) >= 11 is 0. The maximum atomic E-state index is 12.5. The molecule has 0 saturated carbocycles. The lowest BCUT2D eigenvalue weighted by Crippen LogP contribution is -2.34. The third-order valence-corrected chi connectivity index (χ3v) is 5.10. The third-order valence-electron chi connectivity index (χ3n) is 5.10. The highest BCUT2D eigenvalue weighted by atomic mass is 16.6. The molecule has 8 nitrogen and oxygen atoms in total. The van der Waals surface area contributed by atoms with Crippen molar-refractivity contribution in [1.29, 1.82) is 0 Å². The molecule has 1 aliphatic heterocycles. The first-order valence-electron chi connectivity index (χ1n) is 9.95. The van der Waals surface area contributed by atoms with Gasteiger partial charge >= 0.3 is 5.97 Å². The average Bonchev–Trinajstić information content (AvgIpc) is 2.73. The molecule has 2 aromatic carbocycles. The van der Waals surface area contributed by atoms with Gasteiger partial charge in [0.1, 0.15) is 5.69 Å². The summed E-state index contributed by atoms with van der Waals surface area (Å²) in [6, 6.07) is 13.1. The second-order valence-electron chi connectivity index (χ2n) is 7.56. The zero-order valence-electron chi connectivity index (χ0n) is 17.0. The summed E-state index contributed by atoms with van der Waals surface area (Å²) in [5, 5.41) is 14.3. The molecular weight excluding hydrogens is 386 g/mol. The lowest BCUT2D eigenvalue weighted by molar-refractivity contribution is -0.384. The molecule has 1 fully saturated rings. The number of rotatable bonds is 6. The number of hydrogen-bond acceptors (Lipinski definition) is 6. The van der Waals surface area contributed by atoms with Crippen LogP contribution in [0.5, 0.6) is 0 Å². The van der Waals surface area contributed by atoms with Gasteiger partial charge in [-0.1, -0.05) is 25.1 Å². The number of carbonyl (C=O) groups is 2. The van der Waals surface area contributed by atoms with Gasteiger partial charge in [-0.3, -0.25) is 14.9 Å². The van der Waals surface area contributed by atoms with E-state index in [4.69, 9.17) is 4.74 Å². The molecule has 0 bridgehead atoms. The van der Waals surface area contributed by atoms with Gasteiger partial charge in [0.25, 0.3) is 11.6 Å². The van der Waals surface area contributed by atoms with Crippen LogP contribution in [0, 0.1) is 16.0 Å². The fourth-order valence-corrected chi connectivity index (χ4v) is 3.52. The van der Waals surface area contributed by atoms with E-state index >= 15 is 0 Å². The Labute approximate surface area is 175 Å². The van der Waals surface area contributed by atoms with E-state index in [1.54, 1.807) is 30.3 Å². The number of ether oxygens (including phenoxy) is 1. The van der Waals surface area contributed by atoms with E-state index in [2.05, 4.69) is 12.2 Å². The van der Waals surface area contributed by atoms with Crippen LogP contribution >= 0.6 is 0 Å². The second kappa shape index (κ2) is 9.39. The maximum Gasteiger partial charge on any atom is 0.339 e. The van der Waals surface area contributed by atoms with Crippen molar-refractivity contribution in [2.24, 2.45) is 5.92 Å². The number of carbonyl (C=O) groups excluding carboxylic acids is 2. The van der Waals surface area contributed by atoms with Crippen molar-refractivity contribution in [2.45, 2.75) is 32.8 Å². The predicted octanol–water partition coefficient (Wildman–Crippen LogP) is 4.02. The van der Waals surface area contributed by atoms with Crippen LogP contribution in [0.1, 0.15) is 37.0 Å². The number of benzene rings is 2. The Hall–Kier alpha value is -3.42. The van der Waals surface area contributed by atoms with Gasteiger partial charge in [0.15, 0.2) is 6.10 Å². The number of anilines is 2. The van der Waals surface area contributed by atoms with Crippen molar-refractivity contribution >= 4 is 28.9 Å². The largest absolute Gasteiger partial charge is 0.449 e. The highest BCUT2D eigenvalue weighted by Gasteiger charge is 2.26. The molecular formula is C22H25N3O5. The normalized spacial score (nSPS) is 17.1. The summed E-state index contributed by atoms with van der Waals surface area (Å²) in [5.41, 5.74) is 0.980. The Morgan fingerprint density at radius 2 is 1.97 bits per heavy atom. The first-order valence-corrected chi connectivity index (χ1v) is 9.95. The molecule has 158 valence electrons. The highest BCUT2D eigenvalue weighted by molar-refractivity contribution is 5.97. The quantitative estimate of drug-likeness (QED) is 0.438. The fourth-order valence-electron chi connectivity index (χ4n) is 3.52. The van der Waals surface area contributed by atoms with E-state index in [1.165, 1.54) is 19.1 Å². The molecule has 0 unspecified atom stereocenters. The van der Waals surface area contributed by atoms with Gasteiger partial charge in [-0.25, -0.2) is 4.79 Å². The lowest BCUT2D eigenvalue weighted by Gasteiger charge is -2.32. The lowest BCUT2D eigenvalue weighted by atomic mass is 9.99. The van der Waals surface area contributed by atoms with E-state index < -0.39 is 22.9 Å². The standard InChI is InChI=1S/C22H25N3O5/c1-15-7-6-12-24(14-15)19-11-10-17(13-20(19)25(28)29)22(27)30-16(2)21(26)23-18-8-4-3-5-9-18/h3-5,8-11,13,15-16H,6-7,12,14H2,1-2H3,(H,23,26)/t15-,16+/m1/s1. The molecule has 0 aliphatic carbocycles. The average molecular weight is 411 g/mol. The highest BCUT2D eigenvalue weighted by Crippen LogP contribution is 2.32. The number of amides is 1. The molecule has 8 heteroatoms. The number of esters is 1. The number of piperidine rings is 1. The molecule has 2 aromatic rings. The van der Waals surface area contributed by atoms with E-state index in [0.29, 0.717) is 17.3 Å². The van der Waals surface area contributed by atoms with E-state index in [0.717, 1.165) is 25.9 Å². The SMILES string of the molecule is C[C@@H]1CCCN(c2ccc(C(=O)O[C@@H](C)C(=O)Nc3ccccc3)cc2[N+](=O)[O-])C1. The predicted molar refractivity (Wildman–Crippen MR) is 114 cm³/mol. The van der Waals surface area contributed by atoms with Crippen LogP contribution in [-0.4, -0.2) is 36.0 Å². The molecule has 0 spiro atoms. The molecule has 3 rings (SSSR count). The minimum absolute atomic E-state index is 0.0369. The molecule has 1 aliphatic rings. The maximum absolute atomic E-state index is 12.5. The molecule has 1 saturated heterocycles. The number of nitrogens with one attached hydrogen (secondary N) is 1. The van der Waals surface area contributed by atoms with Crippen LogP contribution < -0.4 is 10.2 Å². The summed E-state index contributed by atoms with van der Waals surface area (Å²) in [7, 11) is 0. The summed E-state index contributed by atoms with van der Waals surface area (Å²) in [6.07, 6.45) is 1.01. The van der Waals surface area contributed by atoms with Crippen molar-refractivity contribution in [2.75, 3.05) is 23.3 Å². The molecule has 1 amide bonds. The molecule has 2 atom stereocenters. The van der Waals surface area contributed by atoms with Crippen LogP contribution in [0.15, 0.2) is 48.5 Å². The first-order chi connectivity index (χ1) is 14.3. The second-order valence-corrected chi connectivity index (χ2v) is 7.56. The van der Waals surface area contributed by atoms with Gasteiger partial charge in [-0.05, 0) is 49.9 Å². The Bertz CT molecular complexity index is 932. The molecule has 30 heavy (non-hydrogen) atoms. The zero-order chi connectivity index (χ0) is 21.7. The summed E-state index contributed by atoms with van der Waals surface area (Å²) in [5.74, 6) is -0.817. The molecule has 0 radical (unpaired) electrons. The van der Waals surface area contributed by atoms with Crippen molar-refractivity contribution in [3.8, 4) is 0 Å². The Kier molecular flexibility index (Phi) is 6.66. The van der Waals surface area contributed by atoms with Crippen molar-refractivity contribution < 1.29 is 19.2 Å². The smallest absolute Gasteiger partial charge is 0.339 e. The van der Waals surface area contributed by atoms with E-state index in [1.807, 2.05) is 11.0 Å². The number of nitro groups is 1. The van der Waals surface area contributed by atoms with Gasteiger partial charge in [-0.2, -0.15) is 0 Å². The van der Waals surface area contributed by atoms with Crippen LogP contribution in [0.3, 0.4) is 0 Å². The minimum Gasteiger partial charge on any atom is -0.449 e. The minimum atomic E-state index is -1.06. The summed E-state index contributed by atoms with van der Waals surface area (Å²) < 4.78 is 5.22. The van der Waals surface area contributed by atoms with Crippen molar-refractivity contribution in [1.82, 2.24) is 0 Å². The summed E-state index contributed by atoms with van der Waals surface area (Å²) in [6.45, 7) is 5.05. The van der Waals surface area contributed by atoms with Crippen LogP contribution in [0.4, 0.5) is 17.1 Å². The fraction of sp³-hybridized carbons (Fsp3) is 0.364. The van der Waals surface area contributed by atoms with E-state index in [9.17, 15) is 19.7 Å².